The topological polar surface area (TPSA) is 9.23 Å². The Kier molecular flexibility index (Phi) is 7.87. The molecular weight excluding hydrogens is 256 g/mol. The maximum absolute atomic E-state index is 6.06. The fraction of sp³-hybridized carbons (Fsp3) is 0.818. The average molecular weight is 279 g/mol. The molecule has 3 heteroatoms. The third-order valence-electron chi connectivity index (χ3n) is 2.15. The first-order valence-corrected chi connectivity index (χ1v) is 9.65. The zero-order valence-electron chi connectivity index (χ0n) is 9.68. The second-order valence-corrected chi connectivity index (χ2v) is 9.99. The number of halogens is 1. The van der Waals surface area contributed by atoms with Gasteiger partial charge in [-0.25, -0.2) is 0 Å². The Hall–Kier alpha value is 0.397. The Morgan fingerprint density at radius 2 is 2.07 bits per heavy atom. The standard InChI is InChI=1S/C11H23BrOSi/c1-5-7-8-9-11(6-2)13-14(3,4)10-12/h6,11H,2,5,7-10H2,1,3-4H3. The van der Waals surface area contributed by atoms with Crippen molar-refractivity contribution in [2.24, 2.45) is 0 Å². The summed E-state index contributed by atoms with van der Waals surface area (Å²) in [6.07, 6.45) is 7.15. The summed E-state index contributed by atoms with van der Waals surface area (Å²) in [5.74, 6) is 0. The van der Waals surface area contributed by atoms with Crippen molar-refractivity contribution in [3.05, 3.63) is 12.7 Å². The van der Waals surface area contributed by atoms with Crippen molar-refractivity contribution >= 4 is 24.2 Å². The smallest absolute Gasteiger partial charge is 0.197 e. The molecule has 0 saturated heterocycles. The lowest BCUT2D eigenvalue weighted by molar-refractivity contribution is 0.227. The number of unbranched alkanes of at least 4 members (excludes halogenated alkanes) is 2. The molecule has 0 fully saturated rings. The van der Waals surface area contributed by atoms with Crippen LogP contribution in [0.15, 0.2) is 12.7 Å². The first-order valence-electron chi connectivity index (χ1n) is 5.42. The highest BCUT2D eigenvalue weighted by Gasteiger charge is 2.23. The van der Waals surface area contributed by atoms with Crippen LogP contribution in [0, 0.1) is 0 Å². The van der Waals surface area contributed by atoms with Crippen LogP contribution in [-0.2, 0) is 4.43 Å². The molecule has 0 spiro atoms. The van der Waals surface area contributed by atoms with Crippen LogP contribution in [0.2, 0.25) is 13.1 Å². The minimum Gasteiger partial charge on any atom is -0.410 e. The number of hydrogen-bond donors (Lipinski definition) is 0. The lowest BCUT2D eigenvalue weighted by Crippen LogP contribution is -2.37. The fourth-order valence-corrected chi connectivity index (χ4v) is 2.75. The Morgan fingerprint density at radius 3 is 2.50 bits per heavy atom. The molecule has 0 aliphatic carbocycles. The van der Waals surface area contributed by atoms with E-state index in [4.69, 9.17) is 4.43 Å². The lowest BCUT2D eigenvalue weighted by Gasteiger charge is -2.25. The summed E-state index contributed by atoms with van der Waals surface area (Å²) in [5.41, 5.74) is 0. The SMILES string of the molecule is C=CC(CCCCC)O[Si](C)(C)CBr. The molecule has 0 amide bonds. The summed E-state index contributed by atoms with van der Waals surface area (Å²) in [7, 11) is -1.48. The summed E-state index contributed by atoms with van der Waals surface area (Å²) in [6, 6.07) is 0. The molecule has 0 aromatic carbocycles. The van der Waals surface area contributed by atoms with E-state index in [-0.39, 0.29) is 6.10 Å². The molecule has 0 aromatic heterocycles. The van der Waals surface area contributed by atoms with Gasteiger partial charge in [0.2, 0.25) is 0 Å². The van der Waals surface area contributed by atoms with E-state index in [1.54, 1.807) is 0 Å². The Labute approximate surface area is 98.2 Å². The average Bonchev–Trinajstić information content (AvgIpc) is 2.16. The Balaban J connectivity index is 3.84. The summed E-state index contributed by atoms with van der Waals surface area (Å²) >= 11 is 3.51. The summed E-state index contributed by atoms with van der Waals surface area (Å²) in [6.45, 7) is 10.5. The van der Waals surface area contributed by atoms with Gasteiger partial charge in [-0.1, -0.05) is 48.2 Å². The highest BCUT2D eigenvalue weighted by Crippen LogP contribution is 2.16. The van der Waals surface area contributed by atoms with E-state index < -0.39 is 8.32 Å². The van der Waals surface area contributed by atoms with E-state index in [9.17, 15) is 0 Å². The van der Waals surface area contributed by atoms with Gasteiger partial charge >= 0.3 is 0 Å². The van der Waals surface area contributed by atoms with Gasteiger partial charge in [-0.3, -0.25) is 0 Å². The van der Waals surface area contributed by atoms with E-state index >= 15 is 0 Å². The predicted octanol–water partition coefficient (Wildman–Crippen LogP) is 4.28. The highest BCUT2D eigenvalue weighted by molar-refractivity contribution is 9.09. The van der Waals surface area contributed by atoms with Crippen LogP contribution in [0.1, 0.15) is 32.6 Å². The van der Waals surface area contributed by atoms with E-state index in [1.165, 1.54) is 19.3 Å². The number of hydrogen-bond acceptors (Lipinski definition) is 1. The molecule has 0 bridgehead atoms. The van der Waals surface area contributed by atoms with Gasteiger partial charge in [-0.15, -0.1) is 6.58 Å². The van der Waals surface area contributed by atoms with Crippen molar-refractivity contribution in [1.82, 2.24) is 0 Å². The van der Waals surface area contributed by atoms with Gasteiger partial charge in [-0.2, -0.15) is 0 Å². The molecular formula is C11H23BrOSi. The molecule has 14 heavy (non-hydrogen) atoms. The normalized spacial score (nSPS) is 14.0. The lowest BCUT2D eigenvalue weighted by atomic mass is 10.1. The van der Waals surface area contributed by atoms with Gasteiger partial charge in [0.25, 0.3) is 0 Å². The number of rotatable bonds is 8. The first-order chi connectivity index (χ1) is 6.55. The van der Waals surface area contributed by atoms with E-state index in [0.717, 1.165) is 11.4 Å². The molecule has 0 saturated carbocycles. The van der Waals surface area contributed by atoms with Gasteiger partial charge < -0.3 is 4.43 Å². The van der Waals surface area contributed by atoms with Crippen LogP contribution >= 0.6 is 15.9 Å². The summed E-state index contributed by atoms with van der Waals surface area (Å²) in [5, 5.41) is 0. The first kappa shape index (κ1) is 14.4. The molecule has 84 valence electrons. The zero-order valence-corrected chi connectivity index (χ0v) is 12.3. The Morgan fingerprint density at radius 1 is 1.43 bits per heavy atom. The van der Waals surface area contributed by atoms with Gasteiger partial charge in [0.15, 0.2) is 8.32 Å². The van der Waals surface area contributed by atoms with Crippen molar-refractivity contribution in [3.8, 4) is 0 Å². The summed E-state index contributed by atoms with van der Waals surface area (Å²) < 4.78 is 6.06. The molecule has 0 aliphatic heterocycles. The molecule has 0 rings (SSSR count). The summed E-state index contributed by atoms with van der Waals surface area (Å²) in [4.78, 5) is 0.998. The number of alkyl halides is 1. The molecule has 0 N–H and O–H groups in total. The second-order valence-electron chi connectivity index (χ2n) is 4.28. The maximum Gasteiger partial charge on any atom is 0.197 e. The van der Waals surface area contributed by atoms with E-state index in [1.807, 2.05) is 6.08 Å². The molecule has 0 radical (unpaired) electrons. The van der Waals surface area contributed by atoms with Crippen molar-refractivity contribution in [2.75, 3.05) is 4.95 Å². The quantitative estimate of drug-likeness (QED) is 0.279. The largest absolute Gasteiger partial charge is 0.410 e. The van der Waals surface area contributed by atoms with Gasteiger partial charge in [0.05, 0.1) is 6.10 Å². The van der Waals surface area contributed by atoms with Crippen LogP contribution in [0.25, 0.3) is 0 Å². The fourth-order valence-electron chi connectivity index (χ4n) is 1.26. The third-order valence-corrected chi connectivity index (χ3v) is 7.78. The minimum absolute atomic E-state index is 0.265. The molecule has 0 heterocycles. The third kappa shape index (κ3) is 6.79. The molecule has 1 unspecified atom stereocenters. The monoisotopic (exact) mass is 278 g/mol. The van der Waals surface area contributed by atoms with Crippen molar-refractivity contribution in [3.63, 3.8) is 0 Å². The van der Waals surface area contributed by atoms with Crippen molar-refractivity contribution in [2.45, 2.75) is 51.8 Å². The van der Waals surface area contributed by atoms with Crippen LogP contribution in [-0.4, -0.2) is 19.4 Å². The Bertz CT molecular complexity index is 159. The minimum atomic E-state index is -1.48. The van der Waals surface area contributed by atoms with E-state index in [0.29, 0.717) is 0 Å². The molecule has 0 aliphatic rings. The second kappa shape index (κ2) is 7.66. The van der Waals surface area contributed by atoms with Gasteiger partial charge in [0.1, 0.15) is 0 Å². The van der Waals surface area contributed by atoms with E-state index in [2.05, 4.69) is 42.5 Å². The zero-order chi connectivity index (χ0) is 11.0. The van der Waals surface area contributed by atoms with Crippen LogP contribution in [0.4, 0.5) is 0 Å². The predicted molar refractivity (Wildman–Crippen MR) is 70.5 cm³/mol. The maximum atomic E-state index is 6.06. The van der Waals surface area contributed by atoms with Crippen LogP contribution in [0.3, 0.4) is 0 Å². The van der Waals surface area contributed by atoms with Crippen LogP contribution < -0.4 is 0 Å². The van der Waals surface area contributed by atoms with Gasteiger partial charge in [0, 0.05) is 4.95 Å². The molecule has 1 nitrogen and oxygen atoms in total. The molecule has 0 aromatic rings. The van der Waals surface area contributed by atoms with Crippen LogP contribution in [0.5, 0.6) is 0 Å². The molecule has 1 atom stereocenters. The van der Waals surface area contributed by atoms with Gasteiger partial charge in [-0.05, 0) is 19.5 Å². The van der Waals surface area contributed by atoms with Crippen molar-refractivity contribution < 1.29 is 4.43 Å². The highest BCUT2D eigenvalue weighted by atomic mass is 79.9. The van der Waals surface area contributed by atoms with Crippen molar-refractivity contribution in [1.29, 1.82) is 0 Å².